The Hall–Kier alpha value is -2.09. The van der Waals surface area contributed by atoms with Crippen molar-refractivity contribution in [2.45, 2.75) is 6.42 Å². The van der Waals surface area contributed by atoms with Crippen LogP contribution in [0.2, 0.25) is 0 Å². The van der Waals surface area contributed by atoms with Crippen molar-refractivity contribution >= 4 is 16.7 Å². The zero-order valence-electron chi connectivity index (χ0n) is 10.2. The van der Waals surface area contributed by atoms with Crippen molar-refractivity contribution in [2.24, 2.45) is 0 Å². The number of benzene rings is 2. The van der Waals surface area contributed by atoms with Crippen molar-refractivity contribution in [2.75, 3.05) is 6.61 Å². The molecule has 1 radical (unpaired) electrons. The molecule has 0 heterocycles. The minimum Gasteiger partial charge on any atom is -0.462 e. The number of fused-ring (bicyclic) bond motifs is 1. The Morgan fingerprint density at radius 1 is 1.11 bits per heavy atom. The van der Waals surface area contributed by atoms with Gasteiger partial charge in [-0.15, -0.1) is 0 Å². The summed E-state index contributed by atoms with van der Waals surface area (Å²) in [6.45, 7) is 7.35. The molecule has 0 amide bonds. The van der Waals surface area contributed by atoms with Gasteiger partial charge in [-0.1, -0.05) is 49.0 Å². The Bertz CT molecular complexity index is 584. The van der Waals surface area contributed by atoms with E-state index in [4.69, 9.17) is 4.74 Å². The largest absolute Gasteiger partial charge is 0.462 e. The highest BCUT2D eigenvalue weighted by molar-refractivity contribution is 5.89. The summed E-state index contributed by atoms with van der Waals surface area (Å²) in [5.41, 5.74) is 1.51. The summed E-state index contributed by atoms with van der Waals surface area (Å²) >= 11 is 0. The van der Waals surface area contributed by atoms with Crippen molar-refractivity contribution in [1.29, 1.82) is 0 Å². The van der Waals surface area contributed by atoms with E-state index in [2.05, 4.69) is 31.7 Å². The summed E-state index contributed by atoms with van der Waals surface area (Å²) in [5.74, 6) is -0.377. The van der Waals surface area contributed by atoms with Crippen molar-refractivity contribution in [3.05, 3.63) is 67.1 Å². The molecule has 0 aliphatic carbocycles. The van der Waals surface area contributed by atoms with Crippen LogP contribution >= 0.6 is 0 Å². The van der Waals surface area contributed by atoms with Crippen LogP contribution in [0.1, 0.15) is 5.56 Å². The molecule has 2 aromatic rings. The molecule has 18 heavy (non-hydrogen) atoms. The zero-order valence-corrected chi connectivity index (χ0v) is 10.2. The Morgan fingerprint density at radius 2 is 1.83 bits per heavy atom. The monoisotopic (exact) mass is 239 g/mol. The van der Waals surface area contributed by atoms with Gasteiger partial charge in [0, 0.05) is 12.0 Å². The Morgan fingerprint density at radius 3 is 2.56 bits per heavy atom. The average Bonchev–Trinajstić information content (AvgIpc) is 2.39. The first-order chi connectivity index (χ1) is 8.70. The number of hydrogen-bond acceptors (Lipinski definition) is 2. The van der Waals surface area contributed by atoms with Crippen LogP contribution in [0.15, 0.2) is 54.6 Å². The third-order valence-electron chi connectivity index (χ3n) is 2.75. The van der Waals surface area contributed by atoms with E-state index in [9.17, 15) is 4.79 Å². The second-order valence-corrected chi connectivity index (χ2v) is 4.10. The standard InChI is InChI=1S/C16H15O2/c1-3-18-16(17)12(2)10-13-8-9-14-6-4-5-7-15(14)11-13/h4-9,11H,1-3,10H2. The number of hydrogen-bond donors (Lipinski definition) is 0. The lowest BCUT2D eigenvalue weighted by Crippen LogP contribution is -2.08. The minimum absolute atomic E-state index is 0.134. The highest BCUT2D eigenvalue weighted by atomic mass is 16.5. The molecule has 0 spiro atoms. The third-order valence-corrected chi connectivity index (χ3v) is 2.75. The number of carbonyl (C=O) groups is 1. The molecule has 0 saturated carbocycles. The predicted octanol–water partition coefficient (Wildman–Crippen LogP) is 3.32. The molecule has 91 valence electrons. The van der Waals surface area contributed by atoms with E-state index < -0.39 is 0 Å². The van der Waals surface area contributed by atoms with Crippen LogP contribution in [-0.2, 0) is 16.0 Å². The second-order valence-electron chi connectivity index (χ2n) is 4.10. The fourth-order valence-electron chi connectivity index (χ4n) is 1.86. The van der Waals surface area contributed by atoms with Crippen molar-refractivity contribution in [1.82, 2.24) is 0 Å². The van der Waals surface area contributed by atoms with Gasteiger partial charge in [0.2, 0.25) is 0 Å². The summed E-state index contributed by atoms with van der Waals surface area (Å²) in [6.07, 6.45) is 0.504. The molecule has 0 atom stereocenters. The molecular formula is C16H15O2. The van der Waals surface area contributed by atoms with Crippen LogP contribution in [0.4, 0.5) is 0 Å². The SMILES string of the molecule is [CH2]COC(=O)C(=C)Cc1ccc2ccccc2c1. The van der Waals surface area contributed by atoms with Crippen LogP contribution in [0.25, 0.3) is 10.8 Å². The molecule has 0 N–H and O–H groups in total. The van der Waals surface area contributed by atoms with Crippen molar-refractivity contribution in [3.8, 4) is 0 Å². The first-order valence-electron chi connectivity index (χ1n) is 5.82. The summed E-state index contributed by atoms with van der Waals surface area (Å²) in [5, 5.41) is 2.35. The summed E-state index contributed by atoms with van der Waals surface area (Å²) in [4.78, 5) is 11.4. The third kappa shape index (κ3) is 2.77. The van der Waals surface area contributed by atoms with E-state index in [1.807, 2.05) is 24.3 Å². The topological polar surface area (TPSA) is 26.3 Å². The molecule has 2 rings (SSSR count). The number of esters is 1. The van der Waals surface area contributed by atoms with Gasteiger partial charge in [0.15, 0.2) is 0 Å². The molecule has 0 aliphatic rings. The van der Waals surface area contributed by atoms with Crippen LogP contribution in [-0.4, -0.2) is 12.6 Å². The maximum absolute atomic E-state index is 11.4. The normalized spacial score (nSPS) is 10.3. The molecule has 0 bridgehead atoms. The highest BCUT2D eigenvalue weighted by Gasteiger charge is 2.08. The van der Waals surface area contributed by atoms with Crippen LogP contribution in [0, 0.1) is 6.92 Å². The molecule has 2 heteroatoms. The van der Waals surface area contributed by atoms with Gasteiger partial charge in [-0.05, 0) is 23.3 Å². The van der Waals surface area contributed by atoms with E-state index in [1.54, 1.807) is 0 Å². The molecule has 2 nitrogen and oxygen atoms in total. The highest BCUT2D eigenvalue weighted by Crippen LogP contribution is 2.17. The molecule has 2 aromatic carbocycles. The molecule has 0 saturated heterocycles. The van der Waals surface area contributed by atoms with Gasteiger partial charge in [-0.3, -0.25) is 0 Å². The maximum Gasteiger partial charge on any atom is 0.333 e. The van der Waals surface area contributed by atoms with E-state index in [0.29, 0.717) is 12.0 Å². The number of ether oxygens (including phenoxy) is 1. The van der Waals surface area contributed by atoms with Crippen LogP contribution < -0.4 is 0 Å². The van der Waals surface area contributed by atoms with Gasteiger partial charge in [-0.2, -0.15) is 0 Å². The predicted molar refractivity (Wildman–Crippen MR) is 73.1 cm³/mol. The molecule has 0 fully saturated rings. The quantitative estimate of drug-likeness (QED) is 0.604. The Balaban J connectivity index is 2.17. The van der Waals surface area contributed by atoms with E-state index in [0.717, 1.165) is 10.9 Å². The Labute approximate surface area is 107 Å². The summed E-state index contributed by atoms with van der Waals surface area (Å²) < 4.78 is 4.81. The fraction of sp³-hybridized carbons (Fsp3) is 0.125. The van der Waals surface area contributed by atoms with Gasteiger partial charge < -0.3 is 4.74 Å². The molecular weight excluding hydrogens is 224 g/mol. The smallest absolute Gasteiger partial charge is 0.333 e. The molecule has 0 unspecified atom stereocenters. The molecule has 0 aromatic heterocycles. The lowest BCUT2D eigenvalue weighted by atomic mass is 10.0. The van der Waals surface area contributed by atoms with E-state index in [1.165, 1.54) is 5.39 Å². The fourth-order valence-corrected chi connectivity index (χ4v) is 1.86. The van der Waals surface area contributed by atoms with Gasteiger partial charge >= 0.3 is 5.97 Å². The lowest BCUT2D eigenvalue weighted by molar-refractivity contribution is -0.137. The first kappa shape index (κ1) is 12.4. The minimum atomic E-state index is -0.377. The molecule has 0 aliphatic heterocycles. The van der Waals surface area contributed by atoms with Crippen LogP contribution in [0.5, 0.6) is 0 Å². The van der Waals surface area contributed by atoms with Crippen LogP contribution in [0.3, 0.4) is 0 Å². The number of carbonyl (C=O) groups excluding carboxylic acids is 1. The maximum atomic E-state index is 11.4. The summed E-state index contributed by atoms with van der Waals surface area (Å²) in [6, 6.07) is 14.2. The number of rotatable bonds is 4. The van der Waals surface area contributed by atoms with E-state index >= 15 is 0 Å². The Kier molecular flexibility index (Phi) is 3.78. The van der Waals surface area contributed by atoms with Crippen molar-refractivity contribution < 1.29 is 9.53 Å². The zero-order chi connectivity index (χ0) is 13.0. The average molecular weight is 239 g/mol. The van der Waals surface area contributed by atoms with Gasteiger partial charge in [0.1, 0.15) is 0 Å². The first-order valence-corrected chi connectivity index (χ1v) is 5.82. The van der Waals surface area contributed by atoms with Gasteiger partial charge in [0.25, 0.3) is 0 Å². The lowest BCUT2D eigenvalue weighted by Gasteiger charge is -2.06. The summed E-state index contributed by atoms with van der Waals surface area (Å²) in [7, 11) is 0. The van der Waals surface area contributed by atoms with Gasteiger partial charge in [0.05, 0.1) is 6.61 Å². The second kappa shape index (κ2) is 5.50. The van der Waals surface area contributed by atoms with E-state index in [-0.39, 0.29) is 12.6 Å². The van der Waals surface area contributed by atoms with Crippen molar-refractivity contribution in [3.63, 3.8) is 0 Å². The van der Waals surface area contributed by atoms with Gasteiger partial charge in [-0.25, -0.2) is 4.79 Å².